The summed E-state index contributed by atoms with van der Waals surface area (Å²) in [6.07, 6.45) is 0. The van der Waals surface area contributed by atoms with Gasteiger partial charge in [0.1, 0.15) is 0 Å². The van der Waals surface area contributed by atoms with E-state index in [9.17, 15) is 9.59 Å². The first-order valence-electron chi connectivity index (χ1n) is 4.45. The van der Waals surface area contributed by atoms with Gasteiger partial charge in [-0.3, -0.25) is 9.36 Å². The Morgan fingerprint density at radius 2 is 2.20 bits per heavy atom. The van der Waals surface area contributed by atoms with Crippen LogP contribution in [0.1, 0.15) is 10.4 Å². The summed E-state index contributed by atoms with van der Waals surface area (Å²) in [7, 11) is 3.16. The number of nitrogens with one attached hydrogen (secondary N) is 1. The van der Waals surface area contributed by atoms with Crippen molar-refractivity contribution in [2.75, 3.05) is 7.05 Å². The maximum absolute atomic E-state index is 11.3. The number of hydrogen-bond donors (Lipinski definition) is 1. The van der Waals surface area contributed by atoms with E-state index in [1.165, 1.54) is 4.57 Å². The Morgan fingerprint density at radius 1 is 1.47 bits per heavy atom. The van der Waals surface area contributed by atoms with Gasteiger partial charge < -0.3 is 9.73 Å². The molecular weight excluding hydrogens is 196 g/mol. The number of oxazole rings is 1. The second-order valence-electron chi connectivity index (χ2n) is 3.19. The van der Waals surface area contributed by atoms with E-state index in [0.29, 0.717) is 16.7 Å². The summed E-state index contributed by atoms with van der Waals surface area (Å²) in [5.74, 6) is -0.621. The van der Waals surface area contributed by atoms with E-state index in [1.54, 1.807) is 32.3 Å². The minimum Gasteiger partial charge on any atom is -0.408 e. The lowest BCUT2D eigenvalue weighted by molar-refractivity contribution is 0.0963. The molecule has 0 unspecified atom stereocenters. The largest absolute Gasteiger partial charge is 0.419 e. The van der Waals surface area contributed by atoms with E-state index in [0.717, 1.165) is 0 Å². The third-order valence-corrected chi connectivity index (χ3v) is 2.28. The van der Waals surface area contributed by atoms with Gasteiger partial charge in [-0.25, -0.2) is 4.79 Å². The Balaban J connectivity index is 2.69. The predicted octanol–water partition coefficient (Wildman–Crippen LogP) is 0.491. The van der Waals surface area contributed by atoms with Crippen molar-refractivity contribution >= 4 is 17.0 Å². The smallest absolute Gasteiger partial charge is 0.408 e. The molecule has 2 aromatic rings. The van der Waals surface area contributed by atoms with E-state index in [4.69, 9.17) is 4.42 Å². The van der Waals surface area contributed by atoms with Gasteiger partial charge in [0.05, 0.1) is 5.52 Å². The predicted molar refractivity (Wildman–Crippen MR) is 54.8 cm³/mol. The molecule has 0 saturated carbocycles. The summed E-state index contributed by atoms with van der Waals surface area (Å²) in [4.78, 5) is 22.5. The van der Waals surface area contributed by atoms with Gasteiger partial charge in [-0.15, -0.1) is 0 Å². The van der Waals surface area contributed by atoms with Crippen LogP contribution >= 0.6 is 0 Å². The SMILES string of the molecule is CNC(=O)c1ccc2oc(=O)n(C)c2c1. The first-order valence-corrected chi connectivity index (χ1v) is 4.45. The van der Waals surface area contributed by atoms with Crippen LogP contribution in [-0.4, -0.2) is 17.5 Å². The second kappa shape index (κ2) is 3.27. The van der Waals surface area contributed by atoms with Crippen LogP contribution in [0.15, 0.2) is 27.4 Å². The summed E-state index contributed by atoms with van der Waals surface area (Å²) in [6, 6.07) is 4.85. The van der Waals surface area contributed by atoms with Crippen molar-refractivity contribution in [3.05, 3.63) is 34.3 Å². The molecule has 0 aliphatic rings. The molecule has 0 bridgehead atoms. The maximum Gasteiger partial charge on any atom is 0.419 e. The van der Waals surface area contributed by atoms with Gasteiger partial charge in [-0.2, -0.15) is 0 Å². The maximum atomic E-state index is 11.3. The van der Waals surface area contributed by atoms with Gasteiger partial charge in [0.2, 0.25) is 0 Å². The fourth-order valence-corrected chi connectivity index (χ4v) is 1.41. The van der Waals surface area contributed by atoms with Crippen LogP contribution in [0.4, 0.5) is 0 Å². The lowest BCUT2D eigenvalue weighted by Crippen LogP contribution is -2.17. The molecule has 1 aromatic carbocycles. The zero-order valence-corrected chi connectivity index (χ0v) is 8.40. The molecule has 0 radical (unpaired) electrons. The van der Waals surface area contributed by atoms with E-state index >= 15 is 0 Å². The lowest BCUT2D eigenvalue weighted by Gasteiger charge is -1.99. The number of benzene rings is 1. The Bertz CT molecular complexity index is 580. The third kappa shape index (κ3) is 1.41. The molecule has 15 heavy (non-hydrogen) atoms. The average Bonchev–Trinajstić information content (AvgIpc) is 2.54. The lowest BCUT2D eigenvalue weighted by atomic mass is 10.2. The molecule has 2 rings (SSSR count). The Hall–Kier alpha value is -2.04. The Kier molecular flexibility index (Phi) is 2.07. The first-order chi connectivity index (χ1) is 7.13. The summed E-state index contributed by atoms with van der Waals surface area (Å²) in [5.41, 5.74) is 1.60. The van der Waals surface area contributed by atoms with E-state index in [-0.39, 0.29) is 5.91 Å². The van der Waals surface area contributed by atoms with Crippen LogP contribution in [0.2, 0.25) is 0 Å². The molecule has 5 nitrogen and oxygen atoms in total. The Labute approximate surface area is 85.3 Å². The highest BCUT2D eigenvalue weighted by molar-refractivity contribution is 5.96. The van der Waals surface area contributed by atoms with Crippen LogP contribution in [0.25, 0.3) is 11.1 Å². The number of fused-ring (bicyclic) bond motifs is 1. The van der Waals surface area contributed by atoms with Gasteiger partial charge in [0.25, 0.3) is 5.91 Å². The van der Waals surface area contributed by atoms with Crippen molar-refractivity contribution < 1.29 is 9.21 Å². The van der Waals surface area contributed by atoms with E-state index < -0.39 is 5.76 Å². The van der Waals surface area contributed by atoms with Crippen molar-refractivity contribution in [3.63, 3.8) is 0 Å². The molecule has 1 heterocycles. The fourth-order valence-electron chi connectivity index (χ4n) is 1.41. The molecule has 1 aromatic heterocycles. The molecule has 0 atom stereocenters. The van der Waals surface area contributed by atoms with Crippen molar-refractivity contribution in [2.45, 2.75) is 0 Å². The molecular formula is C10H10N2O3. The minimum absolute atomic E-state index is 0.189. The molecule has 5 heteroatoms. The molecule has 0 aliphatic carbocycles. The Morgan fingerprint density at radius 3 is 2.87 bits per heavy atom. The molecule has 0 fully saturated rings. The third-order valence-electron chi connectivity index (χ3n) is 2.28. The van der Waals surface area contributed by atoms with Crippen molar-refractivity contribution in [1.29, 1.82) is 0 Å². The van der Waals surface area contributed by atoms with E-state index in [2.05, 4.69) is 5.32 Å². The van der Waals surface area contributed by atoms with Crippen molar-refractivity contribution in [2.24, 2.45) is 7.05 Å². The first kappa shape index (κ1) is 9.51. The monoisotopic (exact) mass is 206 g/mol. The molecule has 1 N–H and O–H groups in total. The van der Waals surface area contributed by atoms with Gasteiger partial charge in [0, 0.05) is 19.7 Å². The average molecular weight is 206 g/mol. The van der Waals surface area contributed by atoms with Gasteiger partial charge in [-0.1, -0.05) is 0 Å². The highest BCUT2D eigenvalue weighted by Crippen LogP contribution is 2.13. The standard InChI is InChI=1S/C10H10N2O3/c1-11-9(13)6-3-4-8-7(5-6)12(2)10(14)15-8/h3-5H,1-2H3,(H,11,13). The highest BCUT2D eigenvalue weighted by Gasteiger charge is 2.09. The van der Waals surface area contributed by atoms with Crippen molar-refractivity contribution in [1.82, 2.24) is 9.88 Å². The summed E-state index contributed by atoms with van der Waals surface area (Å²) in [6.45, 7) is 0. The number of rotatable bonds is 1. The van der Waals surface area contributed by atoms with Crippen LogP contribution < -0.4 is 11.1 Å². The minimum atomic E-state index is -0.431. The molecule has 78 valence electrons. The van der Waals surface area contributed by atoms with Crippen LogP contribution in [0.5, 0.6) is 0 Å². The highest BCUT2D eigenvalue weighted by atomic mass is 16.4. The van der Waals surface area contributed by atoms with Crippen molar-refractivity contribution in [3.8, 4) is 0 Å². The number of aryl methyl sites for hydroxylation is 1. The summed E-state index contributed by atoms with van der Waals surface area (Å²) in [5, 5.41) is 2.52. The number of hydrogen-bond acceptors (Lipinski definition) is 3. The number of amides is 1. The number of carbonyl (C=O) groups is 1. The van der Waals surface area contributed by atoms with Crippen LogP contribution in [0.3, 0.4) is 0 Å². The van der Waals surface area contributed by atoms with Gasteiger partial charge in [-0.05, 0) is 18.2 Å². The fraction of sp³-hybridized carbons (Fsp3) is 0.200. The topological polar surface area (TPSA) is 64.2 Å². The van der Waals surface area contributed by atoms with Gasteiger partial charge in [0.15, 0.2) is 5.58 Å². The second-order valence-corrected chi connectivity index (χ2v) is 3.19. The number of carbonyl (C=O) groups excluding carboxylic acids is 1. The quantitative estimate of drug-likeness (QED) is 0.738. The zero-order chi connectivity index (χ0) is 11.0. The molecule has 0 aliphatic heterocycles. The number of nitrogens with zero attached hydrogens (tertiary/aromatic N) is 1. The molecule has 0 spiro atoms. The van der Waals surface area contributed by atoms with E-state index in [1.807, 2.05) is 0 Å². The summed E-state index contributed by atoms with van der Waals surface area (Å²) >= 11 is 0. The normalized spacial score (nSPS) is 10.5. The number of aromatic nitrogens is 1. The van der Waals surface area contributed by atoms with Gasteiger partial charge >= 0.3 is 5.76 Å². The summed E-state index contributed by atoms with van der Waals surface area (Å²) < 4.78 is 6.31. The zero-order valence-electron chi connectivity index (χ0n) is 8.40. The molecule has 0 saturated heterocycles. The van der Waals surface area contributed by atoms with Crippen LogP contribution in [0, 0.1) is 0 Å². The van der Waals surface area contributed by atoms with Crippen LogP contribution in [-0.2, 0) is 7.05 Å². The molecule has 1 amide bonds.